The van der Waals surface area contributed by atoms with E-state index in [4.69, 9.17) is 11.6 Å². The van der Waals surface area contributed by atoms with Crippen LogP contribution < -0.4 is 5.32 Å². The van der Waals surface area contributed by atoms with Gasteiger partial charge in [0.15, 0.2) is 0 Å². The Morgan fingerprint density at radius 1 is 1.43 bits per heavy atom. The molecule has 0 fully saturated rings. The summed E-state index contributed by atoms with van der Waals surface area (Å²) < 4.78 is 0.878. The van der Waals surface area contributed by atoms with Crippen LogP contribution in [0, 0.1) is 5.41 Å². The molecule has 0 amide bonds. The standard InChI is InChI=1S/C11H18ClNS/c1-11(2,3)9(13-4)7-8-5-6-10(12)14-8/h5-6,9,13H,7H2,1-4H3. The zero-order chi connectivity index (χ0) is 10.8. The van der Waals surface area contributed by atoms with E-state index in [0.717, 1.165) is 10.8 Å². The van der Waals surface area contributed by atoms with Crippen LogP contribution in [0.4, 0.5) is 0 Å². The van der Waals surface area contributed by atoms with Crippen LogP contribution in [0.3, 0.4) is 0 Å². The summed E-state index contributed by atoms with van der Waals surface area (Å²) in [4.78, 5) is 1.35. The first kappa shape index (κ1) is 12.0. The van der Waals surface area contributed by atoms with Crippen molar-refractivity contribution < 1.29 is 0 Å². The summed E-state index contributed by atoms with van der Waals surface area (Å²) in [5.74, 6) is 0. The van der Waals surface area contributed by atoms with Gasteiger partial charge in [-0.15, -0.1) is 11.3 Å². The monoisotopic (exact) mass is 231 g/mol. The molecule has 1 aromatic rings. The number of hydrogen-bond acceptors (Lipinski definition) is 2. The molecule has 0 saturated heterocycles. The van der Waals surface area contributed by atoms with Gasteiger partial charge >= 0.3 is 0 Å². The Kier molecular flexibility index (Phi) is 3.99. The maximum Gasteiger partial charge on any atom is 0.0931 e. The zero-order valence-electron chi connectivity index (χ0n) is 9.23. The average Bonchev–Trinajstić information content (AvgIpc) is 2.45. The Hall–Kier alpha value is -0.0500. The van der Waals surface area contributed by atoms with Crippen molar-refractivity contribution in [2.24, 2.45) is 5.41 Å². The SMILES string of the molecule is CNC(Cc1ccc(Cl)s1)C(C)(C)C. The quantitative estimate of drug-likeness (QED) is 0.839. The van der Waals surface area contributed by atoms with E-state index in [9.17, 15) is 0 Å². The lowest BCUT2D eigenvalue weighted by Gasteiger charge is -2.30. The highest BCUT2D eigenvalue weighted by Crippen LogP contribution is 2.27. The van der Waals surface area contributed by atoms with Crippen LogP contribution in [0.1, 0.15) is 25.6 Å². The summed E-state index contributed by atoms with van der Waals surface area (Å²) >= 11 is 7.57. The molecule has 1 rings (SSSR count). The number of nitrogens with one attached hydrogen (secondary N) is 1. The lowest BCUT2D eigenvalue weighted by Crippen LogP contribution is -2.39. The minimum absolute atomic E-state index is 0.283. The van der Waals surface area contributed by atoms with Gasteiger partial charge in [-0.1, -0.05) is 32.4 Å². The molecule has 0 aliphatic heterocycles. The highest BCUT2D eigenvalue weighted by atomic mass is 35.5. The van der Waals surface area contributed by atoms with Crippen molar-refractivity contribution in [2.45, 2.75) is 33.2 Å². The summed E-state index contributed by atoms with van der Waals surface area (Å²) in [6, 6.07) is 4.58. The summed E-state index contributed by atoms with van der Waals surface area (Å²) in [6.45, 7) is 6.76. The van der Waals surface area contributed by atoms with Gasteiger partial charge in [-0.05, 0) is 31.0 Å². The van der Waals surface area contributed by atoms with Gasteiger partial charge in [0.2, 0.25) is 0 Å². The van der Waals surface area contributed by atoms with Crippen molar-refractivity contribution in [3.05, 3.63) is 21.3 Å². The first-order valence-electron chi connectivity index (χ1n) is 4.85. The van der Waals surface area contributed by atoms with Crippen molar-refractivity contribution in [2.75, 3.05) is 7.05 Å². The third-order valence-corrected chi connectivity index (χ3v) is 3.68. The number of likely N-dealkylation sites (N-methyl/N-ethyl adjacent to an activating group) is 1. The lowest BCUT2D eigenvalue weighted by atomic mass is 9.84. The van der Waals surface area contributed by atoms with Crippen molar-refractivity contribution in [1.82, 2.24) is 5.32 Å². The van der Waals surface area contributed by atoms with Gasteiger partial charge in [0.25, 0.3) is 0 Å². The van der Waals surface area contributed by atoms with E-state index in [2.05, 4.69) is 32.2 Å². The van der Waals surface area contributed by atoms with Gasteiger partial charge in [-0.2, -0.15) is 0 Å². The van der Waals surface area contributed by atoms with E-state index in [1.807, 2.05) is 13.1 Å². The van der Waals surface area contributed by atoms with Crippen LogP contribution >= 0.6 is 22.9 Å². The molecule has 0 spiro atoms. The molecule has 1 unspecified atom stereocenters. The van der Waals surface area contributed by atoms with Gasteiger partial charge in [0, 0.05) is 10.9 Å². The first-order chi connectivity index (χ1) is 6.43. The molecule has 0 saturated carbocycles. The highest BCUT2D eigenvalue weighted by Gasteiger charge is 2.23. The summed E-state index contributed by atoms with van der Waals surface area (Å²) in [6.07, 6.45) is 1.05. The van der Waals surface area contributed by atoms with E-state index in [1.54, 1.807) is 11.3 Å². The fourth-order valence-corrected chi connectivity index (χ4v) is 2.64. The molecule has 0 aromatic carbocycles. The normalized spacial score (nSPS) is 14.4. The van der Waals surface area contributed by atoms with Crippen LogP contribution in [0.2, 0.25) is 4.34 Å². The molecule has 80 valence electrons. The molecule has 1 aromatic heterocycles. The van der Waals surface area contributed by atoms with E-state index in [-0.39, 0.29) is 5.41 Å². The van der Waals surface area contributed by atoms with Crippen molar-refractivity contribution >= 4 is 22.9 Å². The molecule has 0 radical (unpaired) electrons. The number of halogens is 1. The summed E-state index contributed by atoms with van der Waals surface area (Å²) in [5, 5.41) is 3.36. The molecule has 1 N–H and O–H groups in total. The topological polar surface area (TPSA) is 12.0 Å². The Balaban J connectivity index is 2.66. The van der Waals surface area contributed by atoms with Crippen molar-refractivity contribution in [1.29, 1.82) is 0 Å². The fraction of sp³-hybridized carbons (Fsp3) is 0.636. The van der Waals surface area contributed by atoms with Crippen LogP contribution in [-0.4, -0.2) is 13.1 Å². The van der Waals surface area contributed by atoms with Crippen molar-refractivity contribution in [3.63, 3.8) is 0 Å². The van der Waals surface area contributed by atoms with Gasteiger partial charge in [0.1, 0.15) is 0 Å². The van der Waals surface area contributed by atoms with Crippen LogP contribution in [0.5, 0.6) is 0 Å². The number of thiophene rings is 1. The van der Waals surface area contributed by atoms with E-state index >= 15 is 0 Å². The molecular formula is C11H18ClNS. The maximum atomic E-state index is 5.90. The van der Waals surface area contributed by atoms with E-state index < -0.39 is 0 Å². The predicted octanol–water partition coefficient (Wildman–Crippen LogP) is 3.58. The second kappa shape index (κ2) is 4.65. The molecule has 1 heterocycles. The molecular weight excluding hydrogens is 214 g/mol. The van der Waals surface area contributed by atoms with Gasteiger partial charge in [-0.25, -0.2) is 0 Å². The summed E-state index contributed by atoms with van der Waals surface area (Å²) in [7, 11) is 2.02. The van der Waals surface area contributed by atoms with Gasteiger partial charge in [-0.3, -0.25) is 0 Å². The third-order valence-electron chi connectivity index (χ3n) is 2.43. The Morgan fingerprint density at radius 3 is 2.43 bits per heavy atom. The van der Waals surface area contributed by atoms with Crippen LogP contribution in [0.15, 0.2) is 12.1 Å². The van der Waals surface area contributed by atoms with E-state index in [0.29, 0.717) is 6.04 Å². The maximum absolute atomic E-state index is 5.90. The average molecular weight is 232 g/mol. The Bertz CT molecular complexity index is 288. The minimum Gasteiger partial charge on any atom is -0.316 e. The van der Waals surface area contributed by atoms with Gasteiger partial charge < -0.3 is 5.32 Å². The second-order valence-electron chi connectivity index (χ2n) is 4.62. The molecule has 0 bridgehead atoms. The number of rotatable bonds is 3. The first-order valence-corrected chi connectivity index (χ1v) is 6.04. The smallest absolute Gasteiger partial charge is 0.0931 e. The second-order valence-corrected chi connectivity index (χ2v) is 6.42. The third kappa shape index (κ3) is 3.26. The van der Waals surface area contributed by atoms with Crippen LogP contribution in [0.25, 0.3) is 0 Å². The van der Waals surface area contributed by atoms with Gasteiger partial charge in [0.05, 0.1) is 4.34 Å². The molecule has 3 heteroatoms. The minimum atomic E-state index is 0.283. The van der Waals surface area contributed by atoms with Crippen molar-refractivity contribution in [3.8, 4) is 0 Å². The molecule has 1 atom stereocenters. The Labute approximate surface area is 95.5 Å². The largest absolute Gasteiger partial charge is 0.316 e. The molecule has 14 heavy (non-hydrogen) atoms. The zero-order valence-corrected chi connectivity index (χ0v) is 10.8. The summed E-state index contributed by atoms with van der Waals surface area (Å²) in [5.41, 5.74) is 0.283. The van der Waals surface area contributed by atoms with E-state index in [1.165, 1.54) is 4.88 Å². The predicted molar refractivity (Wildman–Crippen MR) is 65.3 cm³/mol. The molecule has 0 aliphatic carbocycles. The molecule has 1 nitrogen and oxygen atoms in total. The highest BCUT2D eigenvalue weighted by molar-refractivity contribution is 7.16. The Morgan fingerprint density at radius 2 is 2.07 bits per heavy atom. The van der Waals surface area contributed by atoms with Crippen LogP contribution in [-0.2, 0) is 6.42 Å². The number of hydrogen-bond donors (Lipinski definition) is 1. The molecule has 0 aliphatic rings. The fourth-order valence-electron chi connectivity index (χ4n) is 1.50. The lowest BCUT2D eigenvalue weighted by molar-refractivity contribution is 0.281.